The predicted molar refractivity (Wildman–Crippen MR) is 173 cm³/mol. The van der Waals surface area contributed by atoms with Crippen molar-refractivity contribution in [2.45, 2.75) is 72.8 Å². The van der Waals surface area contributed by atoms with Gasteiger partial charge < -0.3 is 19.4 Å². The first-order chi connectivity index (χ1) is 20.0. The van der Waals surface area contributed by atoms with E-state index in [9.17, 15) is 4.79 Å². The molecule has 2 aliphatic rings. The molecule has 0 saturated heterocycles. The van der Waals surface area contributed by atoms with Crippen molar-refractivity contribution in [3.8, 4) is 11.1 Å². The summed E-state index contributed by atoms with van der Waals surface area (Å²) < 4.78 is 6.55. The second kappa shape index (κ2) is 12.2. The Kier molecular flexibility index (Phi) is 8.63. The maximum Gasteiger partial charge on any atom is 0.340 e. The average molecular weight is 554 g/mol. The lowest BCUT2D eigenvalue weighted by Crippen LogP contribution is -2.28. The SMILES string of the molecule is CCCCN(CCCC)c1ccc2c(c1)C(=O)OC21c2ccc(N(CC)CC)cc2-c2cc(N(CC)CC)ccc21. The maximum atomic E-state index is 13.7. The van der Waals surface area contributed by atoms with E-state index < -0.39 is 5.60 Å². The molecule has 5 nitrogen and oxygen atoms in total. The zero-order chi connectivity index (χ0) is 29.1. The normalized spacial score (nSPS) is 14.0. The van der Waals surface area contributed by atoms with Crippen molar-refractivity contribution in [1.29, 1.82) is 0 Å². The number of hydrogen-bond acceptors (Lipinski definition) is 5. The van der Waals surface area contributed by atoms with E-state index in [1.807, 2.05) is 0 Å². The van der Waals surface area contributed by atoms with Crippen LogP contribution in [-0.4, -0.2) is 45.2 Å². The molecule has 3 aromatic carbocycles. The van der Waals surface area contributed by atoms with E-state index >= 15 is 0 Å². The monoisotopic (exact) mass is 553 g/mol. The van der Waals surface area contributed by atoms with E-state index in [0.29, 0.717) is 5.56 Å². The number of rotatable bonds is 13. The van der Waals surface area contributed by atoms with E-state index in [1.54, 1.807) is 0 Å². The fourth-order valence-corrected chi connectivity index (χ4v) is 6.76. The van der Waals surface area contributed by atoms with Crippen molar-refractivity contribution < 1.29 is 9.53 Å². The number of ether oxygens (including phenoxy) is 1. The van der Waals surface area contributed by atoms with Gasteiger partial charge in [0.2, 0.25) is 0 Å². The zero-order valence-electron chi connectivity index (χ0n) is 25.9. The van der Waals surface area contributed by atoms with Gasteiger partial charge in [-0.05, 0) is 88.1 Å². The molecule has 0 aromatic heterocycles. The first-order valence-electron chi connectivity index (χ1n) is 15.9. The van der Waals surface area contributed by atoms with Gasteiger partial charge >= 0.3 is 5.97 Å². The second-order valence-corrected chi connectivity index (χ2v) is 11.3. The number of unbranched alkanes of at least 4 members (excludes halogenated alkanes) is 2. The lowest BCUT2D eigenvalue weighted by atomic mass is 9.83. The first-order valence-corrected chi connectivity index (χ1v) is 15.9. The van der Waals surface area contributed by atoms with Gasteiger partial charge in [-0.1, -0.05) is 44.9 Å². The maximum absolute atomic E-state index is 13.7. The number of carbonyl (C=O) groups excluding carboxylic acids is 1. The topological polar surface area (TPSA) is 36.0 Å². The molecule has 41 heavy (non-hydrogen) atoms. The number of nitrogens with zero attached hydrogens (tertiary/aromatic N) is 3. The summed E-state index contributed by atoms with van der Waals surface area (Å²) in [5.74, 6) is -0.229. The Labute approximate surface area is 247 Å². The number of fused-ring (bicyclic) bond motifs is 7. The van der Waals surface area contributed by atoms with Crippen LogP contribution in [0.25, 0.3) is 11.1 Å². The predicted octanol–water partition coefficient (Wildman–Crippen LogP) is 8.23. The number of benzene rings is 3. The van der Waals surface area contributed by atoms with Crippen LogP contribution in [0.15, 0.2) is 54.6 Å². The molecule has 5 heteroatoms. The van der Waals surface area contributed by atoms with Crippen molar-refractivity contribution in [3.05, 3.63) is 76.9 Å². The highest BCUT2D eigenvalue weighted by Crippen LogP contribution is 2.58. The van der Waals surface area contributed by atoms with Gasteiger partial charge in [0.15, 0.2) is 5.60 Å². The molecule has 0 unspecified atom stereocenters. The highest BCUT2D eigenvalue weighted by Gasteiger charge is 2.54. The lowest BCUT2D eigenvalue weighted by molar-refractivity contribution is 0.0264. The Bertz CT molecular complexity index is 1320. The average Bonchev–Trinajstić information content (AvgIpc) is 3.45. The van der Waals surface area contributed by atoms with Gasteiger partial charge in [-0.15, -0.1) is 0 Å². The van der Waals surface area contributed by atoms with E-state index in [1.165, 1.54) is 11.4 Å². The van der Waals surface area contributed by atoms with Crippen LogP contribution in [0.1, 0.15) is 94.3 Å². The number of carbonyl (C=O) groups is 1. The van der Waals surface area contributed by atoms with Crippen LogP contribution in [0.5, 0.6) is 0 Å². The molecule has 218 valence electrons. The third-order valence-electron chi connectivity index (χ3n) is 9.09. The number of hydrogen-bond donors (Lipinski definition) is 0. The third kappa shape index (κ3) is 4.87. The largest absolute Gasteiger partial charge is 0.441 e. The van der Waals surface area contributed by atoms with Gasteiger partial charge in [-0.3, -0.25) is 0 Å². The zero-order valence-corrected chi connectivity index (χ0v) is 25.9. The van der Waals surface area contributed by atoms with Crippen LogP contribution in [0, 0.1) is 0 Å². The molecule has 1 aliphatic heterocycles. The molecular formula is C36H47N3O2. The summed E-state index contributed by atoms with van der Waals surface area (Å²) in [7, 11) is 0. The van der Waals surface area contributed by atoms with Gasteiger partial charge in [0.05, 0.1) is 5.56 Å². The second-order valence-electron chi connectivity index (χ2n) is 11.3. The Morgan fingerprint density at radius 2 is 0.951 bits per heavy atom. The molecule has 0 N–H and O–H groups in total. The van der Waals surface area contributed by atoms with Crippen LogP contribution in [0.4, 0.5) is 17.1 Å². The molecule has 3 aromatic rings. The van der Waals surface area contributed by atoms with Crippen LogP contribution in [-0.2, 0) is 10.3 Å². The van der Waals surface area contributed by atoms with E-state index in [2.05, 4.69) is 111 Å². The van der Waals surface area contributed by atoms with Gasteiger partial charge in [0.25, 0.3) is 0 Å². The summed E-state index contributed by atoms with van der Waals surface area (Å²) in [5.41, 5.74) is 8.71. The number of anilines is 3. The summed E-state index contributed by atoms with van der Waals surface area (Å²) >= 11 is 0. The minimum atomic E-state index is -0.920. The molecule has 0 atom stereocenters. The molecular weight excluding hydrogens is 506 g/mol. The molecule has 1 aliphatic carbocycles. The molecule has 0 bridgehead atoms. The Morgan fingerprint density at radius 3 is 1.37 bits per heavy atom. The molecule has 1 spiro atoms. The summed E-state index contributed by atoms with van der Waals surface area (Å²) in [6.07, 6.45) is 4.58. The molecule has 0 radical (unpaired) electrons. The Morgan fingerprint density at radius 1 is 0.561 bits per heavy atom. The Balaban J connectivity index is 1.68. The Hall–Kier alpha value is -3.47. The molecule has 5 rings (SSSR count). The van der Waals surface area contributed by atoms with Crippen molar-refractivity contribution in [3.63, 3.8) is 0 Å². The first kappa shape index (κ1) is 29.0. The third-order valence-corrected chi connectivity index (χ3v) is 9.09. The van der Waals surface area contributed by atoms with Gasteiger partial charge in [0, 0.05) is 73.0 Å². The van der Waals surface area contributed by atoms with Crippen LogP contribution < -0.4 is 14.7 Å². The quantitative estimate of drug-likeness (QED) is 0.199. The summed E-state index contributed by atoms with van der Waals surface area (Å²) in [6.45, 7) is 19.0. The van der Waals surface area contributed by atoms with Crippen LogP contribution in [0.3, 0.4) is 0 Å². The van der Waals surface area contributed by atoms with Gasteiger partial charge in [-0.25, -0.2) is 4.79 Å². The number of esters is 1. The molecule has 1 heterocycles. The molecule has 0 amide bonds. The summed E-state index contributed by atoms with van der Waals surface area (Å²) in [6, 6.07) is 19.9. The van der Waals surface area contributed by atoms with E-state index in [-0.39, 0.29) is 5.97 Å². The fraction of sp³-hybridized carbons (Fsp3) is 0.472. The minimum absolute atomic E-state index is 0.229. The summed E-state index contributed by atoms with van der Waals surface area (Å²) in [5, 5.41) is 0. The standard InChI is InChI=1S/C36H47N3O2/c1-7-13-21-39(22-14-8-2)28-17-20-34-31(25-28)35(40)41-36(34)32-18-15-26(37(9-3)10-4)23-29(32)30-24-27(16-19-33(30)36)38(11-5)12-6/h15-20,23-25H,7-14,21-22H2,1-6H3. The highest BCUT2D eigenvalue weighted by molar-refractivity contribution is 6.00. The smallest absolute Gasteiger partial charge is 0.340 e. The van der Waals surface area contributed by atoms with Crippen LogP contribution >= 0.6 is 0 Å². The van der Waals surface area contributed by atoms with E-state index in [0.717, 1.165) is 98.5 Å². The summed E-state index contributed by atoms with van der Waals surface area (Å²) in [4.78, 5) is 20.9. The van der Waals surface area contributed by atoms with Crippen molar-refractivity contribution in [2.24, 2.45) is 0 Å². The van der Waals surface area contributed by atoms with Gasteiger partial charge in [0.1, 0.15) is 0 Å². The minimum Gasteiger partial charge on any atom is -0.441 e. The van der Waals surface area contributed by atoms with E-state index in [4.69, 9.17) is 4.74 Å². The fourth-order valence-electron chi connectivity index (χ4n) is 6.76. The molecule has 0 fully saturated rings. The van der Waals surface area contributed by atoms with Crippen molar-refractivity contribution in [1.82, 2.24) is 0 Å². The lowest BCUT2D eigenvalue weighted by Gasteiger charge is -2.29. The van der Waals surface area contributed by atoms with Crippen LogP contribution in [0.2, 0.25) is 0 Å². The highest BCUT2D eigenvalue weighted by atomic mass is 16.6. The van der Waals surface area contributed by atoms with Gasteiger partial charge in [-0.2, -0.15) is 0 Å². The molecule has 0 saturated carbocycles. The van der Waals surface area contributed by atoms with Crippen molar-refractivity contribution >= 4 is 23.0 Å². The van der Waals surface area contributed by atoms with Crippen molar-refractivity contribution in [2.75, 3.05) is 54.0 Å².